The molecule has 5 heteroatoms. The molecule has 1 fully saturated rings. The number of nitrogen functional groups attached to an aromatic ring is 1. The fourth-order valence-electron chi connectivity index (χ4n) is 1.63. The van der Waals surface area contributed by atoms with Crippen molar-refractivity contribution in [1.29, 1.82) is 5.41 Å². The maximum absolute atomic E-state index is 7.47. The number of anilines is 1. The summed E-state index contributed by atoms with van der Waals surface area (Å²) >= 11 is 0. The molecule has 1 aliphatic rings. The SMILES string of the molecule is N=C(N)c1cccnc1N1CCOCC1. The first kappa shape index (κ1) is 9.92. The highest BCUT2D eigenvalue weighted by atomic mass is 16.5. The second kappa shape index (κ2) is 4.27. The molecule has 2 heterocycles. The Morgan fingerprint density at radius 3 is 2.87 bits per heavy atom. The Labute approximate surface area is 88.4 Å². The summed E-state index contributed by atoms with van der Waals surface area (Å²) in [6.07, 6.45) is 1.72. The van der Waals surface area contributed by atoms with Crippen molar-refractivity contribution in [3.63, 3.8) is 0 Å². The topological polar surface area (TPSA) is 75.2 Å². The van der Waals surface area contributed by atoms with Gasteiger partial charge in [-0.3, -0.25) is 5.41 Å². The van der Waals surface area contributed by atoms with Gasteiger partial charge in [-0.2, -0.15) is 0 Å². The molecule has 0 saturated carbocycles. The molecule has 15 heavy (non-hydrogen) atoms. The molecule has 1 aromatic heterocycles. The van der Waals surface area contributed by atoms with E-state index in [1.54, 1.807) is 12.3 Å². The number of amidine groups is 1. The Bertz CT molecular complexity index is 360. The molecule has 1 aliphatic heterocycles. The first-order valence-corrected chi connectivity index (χ1v) is 4.91. The van der Waals surface area contributed by atoms with Crippen molar-refractivity contribution in [1.82, 2.24) is 4.98 Å². The Morgan fingerprint density at radius 2 is 2.20 bits per heavy atom. The molecular formula is C10H14N4O. The number of nitrogens with zero attached hydrogens (tertiary/aromatic N) is 2. The highest BCUT2D eigenvalue weighted by Gasteiger charge is 2.16. The predicted molar refractivity (Wildman–Crippen MR) is 58.3 cm³/mol. The van der Waals surface area contributed by atoms with E-state index >= 15 is 0 Å². The Hall–Kier alpha value is -1.62. The van der Waals surface area contributed by atoms with E-state index in [1.807, 2.05) is 6.07 Å². The van der Waals surface area contributed by atoms with E-state index in [1.165, 1.54) is 0 Å². The molecule has 1 aromatic rings. The minimum atomic E-state index is 0.0598. The van der Waals surface area contributed by atoms with Crippen LogP contribution in [0.2, 0.25) is 0 Å². The fourth-order valence-corrected chi connectivity index (χ4v) is 1.63. The van der Waals surface area contributed by atoms with Gasteiger partial charge in [-0.25, -0.2) is 4.98 Å². The Morgan fingerprint density at radius 1 is 1.47 bits per heavy atom. The van der Waals surface area contributed by atoms with Crippen molar-refractivity contribution in [2.45, 2.75) is 0 Å². The van der Waals surface area contributed by atoms with Crippen LogP contribution in [0.5, 0.6) is 0 Å². The molecule has 2 rings (SSSR count). The zero-order valence-corrected chi connectivity index (χ0v) is 8.44. The third-order valence-electron chi connectivity index (χ3n) is 2.39. The van der Waals surface area contributed by atoms with Crippen molar-refractivity contribution in [2.75, 3.05) is 31.2 Å². The van der Waals surface area contributed by atoms with Crippen LogP contribution in [-0.2, 0) is 4.74 Å². The highest BCUT2D eigenvalue weighted by Crippen LogP contribution is 2.17. The standard InChI is InChI=1S/C10H14N4O/c11-9(12)8-2-1-3-13-10(8)14-4-6-15-7-5-14/h1-3H,4-7H2,(H3,11,12). The number of aromatic nitrogens is 1. The number of pyridine rings is 1. The molecule has 0 spiro atoms. The molecule has 1 saturated heterocycles. The van der Waals surface area contributed by atoms with Gasteiger partial charge in [0.25, 0.3) is 0 Å². The third kappa shape index (κ3) is 2.07. The number of nitrogens with two attached hydrogens (primary N) is 1. The molecule has 80 valence electrons. The van der Waals surface area contributed by atoms with Gasteiger partial charge in [0.15, 0.2) is 0 Å². The number of morpholine rings is 1. The molecular weight excluding hydrogens is 192 g/mol. The molecule has 0 unspecified atom stereocenters. The van der Waals surface area contributed by atoms with Crippen LogP contribution < -0.4 is 10.6 Å². The van der Waals surface area contributed by atoms with Gasteiger partial charge in [-0.1, -0.05) is 0 Å². The average Bonchev–Trinajstić information content (AvgIpc) is 2.30. The molecule has 5 nitrogen and oxygen atoms in total. The number of hydrogen-bond acceptors (Lipinski definition) is 4. The summed E-state index contributed by atoms with van der Waals surface area (Å²) in [7, 11) is 0. The van der Waals surface area contributed by atoms with E-state index in [2.05, 4.69) is 9.88 Å². The first-order valence-electron chi connectivity index (χ1n) is 4.91. The third-order valence-corrected chi connectivity index (χ3v) is 2.39. The maximum atomic E-state index is 7.47. The number of hydrogen-bond donors (Lipinski definition) is 2. The summed E-state index contributed by atoms with van der Waals surface area (Å²) in [6, 6.07) is 3.61. The van der Waals surface area contributed by atoms with Gasteiger partial charge in [-0.05, 0) is 12.1 Å². The lowest BCUT2D eigenvalue weighted by atomic mass is 10.2. The normalized spacial score (nSPS) is 16.4. The van der Waals surface area contributed by atoms with E-state index in [0.29, 0.717) is 18.8 Å². The lowest BCUT2D eigenvalue weighted by molar-refractivity contribution is 0.122. The summed E-state index contributed by atoms with van der Waals surface area (Å²) in [5, 5.41) is 7.47. The van der Waals surface area contributed by atoms with Gasteiger partial charge in [0.1, 0.15) is 11.7 Å². The van der Waals surface area contributed by atoms with Crippen LogP contribution in [-0.4, -0.2) is 37.1 Å². The predicted octanol–water partition coefficient (Wildman–Crippen LogP) is 0.202. The maximum Gasteiger partial charge on any atom is 0.139 e. The summed E-state index contributed by atoms with van der Waals surface area (Å²) in [5.41, 5.74) is 6.20. The number of rotatable bonds is 2. The molecule has 0 radical (unpaired) electrons. The van der Waals surface area contributed by atoms with Crippen molar-refractivity contribution in [3.05, 3.63) is 23.9 Å². The Balaban J connectivity index is 2.29. The van der Waals surface area contributed by atoms with Gasteiger partial charge in [0.05, 0.1) is 18.8 Å². The van der Waals surface area contributed by atoms with E-state index < -0.39 is 0 Å². The lowest BCUT2D eigenvalue weighted by Gasteiger charge is -2.29. The summed E-state index contributed by atoms with van der Waals surface area (Å²) in [5.74, 6) is 0.845. The number of nitrogens with one attached hydrogen (secondary N) is 1. The van der Waals surface area contributed by atoms with Crippen LogP contribution in [0.4, 0.5) is 5.82 Å². The molecule has 3 N–H and O–H groups in total. The molecule has 0 aliphatic carbocycles. The van der Waals surface area contributed by atoms with Crippen LogP contribution in [0.25, 0.3) is 0 Å². The Kier molecular flexibility index (Phi) is 2.82. The van der Waals surface area contributed by atoms with Crippen LogP contribution in [0.1, 0.15) is 5.56 Å². The van der Waals surface area contributed by atoms with Crippen molar-refractivity contribution in [2.24, 2.45) is 5.73 Å². The van der Waals surface area contributed by atoms with E-state index in [-0.39, 0.29) is 5.84 Å². The van der Waals surface area contributed by atoms with Gasteiger partial charge < -0.3 is 15.4 Å². The second-order valence-electron chi connectivity index (χ2n) is 3.39. The molecule has 0 bridgehead atoms. The highest BCUT2D eigenvalue weighted by molar-refractivity contribution is 5.99. The van der Waals surface area contributed by atoms with Gasteiger partial charge >= 0.3 is 0 Å². The van der Waals surface area contributed by atoms with Crippen LogP contribution in [0, 0.1) is 5.41 Å². The minimum Gasteiger partial charge on any atom is -0.384 e. The quantitative estimate of drug-likeness (QED) is 0.535. The van der Waals surface area contributed by atoms with Crippen LogP contribution in [0.15, 0.2) is 18.3 Å². The summed E-state index contributed by atoms with van der Waals surface area (Å²) in [6.45, 7) is 3.01. The lowest BCUT2D eigenvalue weighted by Crippen LogP contribution is -2.38. The minimum absolute atomic E-state index is 0.0598. The summed E-state index contributed by atoms with van der Waals surface area (Å²) < 4.78 is 5.27. The molecule has 0 atom stereocenters. The van der Waals surface area contributed by atoms with Gasteiger partial charge in [-0.15, -0.1) is 0 Å². The van der Waals surface area contributed by atoms with Crippen molar-refractivity contribution < 1.29 is 4.74 Å². The zero-order chi connectivity index (χ0) is 10.7. The van der Waals surface area contributed by atoms with E-state index in [4.69, 9.17) is 15.9 Å². The van der Waals surface area contributed by atoms with Crippen molar-refractivity contribution >= 4 is 11.7 Å². The zero-order valence-electron chi connectivity index (χ0n) is 8.44. The second-order valence-corrected chi connectivity index (χ2v) is 3.39. The van der Waals surface area contributed by atoms with Crippen LogP contribution in [0.3, 0.4) is 0 Å². The van der Waals surface area contributed by atoms with Gasteiger partial charge in [0.2, 0.25) is 0 Å². The van der Waals surface area contributed by atoms with Crippen molar-refractivity contribution in [3.8, 4) is 0 Å². The average molecular weight is 206 g/mol. The van der Waals surface area contributed by atoms with E-state index in [0.717, 1.165) is 18.9 Å². The van der Waals surface area contributed by atoms with Crippen LogP contribution >= 0.6 is 0 Å². The number of ether oxygens (including phenoxy) is 1. The monoisotopic (exact) mass is 206 g/mol. The summed E-state index contributed by atoms with van der Waals surface area (Å²) in [4.78, 5) is 6.37. The fraction of sp³-hybridized carbons (Fsp3) is 0.400. The molecule has 0 aromatic carbocycles. The smallest absolute Gasteiger partial charge is 0.139 e. The van der Waals surface area contributed by atoms with E-state index in [9.17, 15) is 0 Å². The first-order chi connectivity index (χ1) is 7.29. The largest absolute Gasteiger partial charge is 0.384 e. The molecule has 0 amide bonds. The van der Waals surface area contributed by atoms with Gasteiger partial charge in [0, 0.05) is 19.3 Å².